The Morgan fingerprint density at radius 1 is 1.34 bits per heavy atom. The van der Waals surface area contributed by atoms with Crippen LogP contribution in [0.4, 0.5) is 0 Å². The fourth-order valence-electron chi connectivity index (χ4n) is 3.78. The van der Waals surface area contributed by atoms with Gasteiger partial charge in [0.25, 0.3) is 5.56 Å². The molecule has 1 aliphatic heterocycles. The second-order valence-corrected chi connectivity index (χ2v) is 8.69. The third-order valence-corrected chi connectivity index (χ3v) is 6.59. The molecule has 3 aromatic heterocycles. The Kier molecular flexibility index (Phi) is 5.22. The third kappa shape index (κ3) is 3.95. The summed E-state index contributed by atoms with van der Waals surface area (Å²) in [7, 11) is 1.73. The molecule has 9 nitrogen and oxygen atoms in total. The Hall–Kier alpha value is -2.59. The van der Waals surface area contributed by atoms with E-state index in [1.165, 1.54) is 17.1 Å². The van der Waals surface area contributed by atoms with E-state index in [1.807, 2.05) is 12.3 Å². The molecular weight excluding hydrogens is 392 g/mol. The number of rotatable bonds is 5. The number of thiazole rings is 1. The maximum Gasteiger partial charge on any atom is 0.264 e. The van der Waals surface area contributed by atoms with Gasteiger partial charge in [0, 0.05) is 44.1 Å². The van der Waals surface area contributed by atoms with Crippen LogP contribution in [0.3, 0.4) is 0 Å². The Morgan fingerprint density at radius 3 is 2.79 bits per heavy atom. The number of hydrogen-bond donors (Lipinski definition) is 1. The largest absolute Gasteiger partial charge is 0.388 e. The van der Waals surface area contributed by atoms with Crippen LogP contribution in [0.15, 0.2) is 28.9 Å². The minimum atomic E-state index is -1.04. The first-order valence-electron chi connectivity index (χ1n) is 9.63. The molecule has 1 fully saturated rings. The normalized spacial score (nSPS) is 17.6. The molecule has 0 radical (unpaired) electrons. The molecule has 4 heterocycles. The Morgan fingerprint density at radius 2 is 2.10 bits per heavy atom. The van der Waals surface area contributed by atoms with Crippen molar-refractivity contribution in [2.75, 3.05) is 13.1 Å². The average Bonchev–Trinajstić information content (AvgIpc) is 3.35. The Labute approximate surface area is 171 Å². The zero-order valence-electron chi connectivity index (χ0n) is 16.5. The van der Waals surface area contributed by atoms with Crippen molar-refractivity contribution in [3.63, 3.8) is 0 Å². The number of likely N-dealkylation sites (tertiary alicyclic amines) is 1. The van der Waals surface area contributed by atoms with Crippen LogP contribution >= 0.6 is 11.3 Å². The molecule has 0 aromatic carbocycles. The highest BCUT2D eigenvalue weighted by Crippen LogP contribution is 2.27. The SMILES string of the molecule is CC(CC(=O)N1CCC(O)(Cn2cnc3c(cnn3C)c2=O)CC1)c1nccs1. The summed E-state index contributed by atoms with van der Waals surface area (Å²) < 4.78 is 2.98. The van der Waals surface area contributed by atoms with Crippen LogP contribution in [-0.2, 0) is 18.4 Å². The highest BCUT2D eigenvalue weighted by molar-refractivity contribution is 7.09. The Bertz CT molecular complexity index is 1070. The fourth-order valence-corrected chi connectivity index (χ4v) is 4.48. The molecule has 154 valence electrons. The topological polar surface area (TPSA) is 106 Å². The lowest BCUT2D eigenvalue weighted by Gasteiger charge is -2.38. The van der Waals surface area contributed by atoms with Crippen LogP contribution in [0, 0.1) is 0 Å². The molecule has 0 spiro atoms. The van der Waals surface area contributed by atoms with Gasteiger partial charge in [-0.15, -0.1) is 11.3 Å². The Balaban J connectivity index is 1.39. The number of piperidine rings is 1. The average molecular weight is 417 g/mol. The maximum atomic E-state index is 12.7. The summed E-state index contributed by atoms with van der Waals surface area (Å²) in [5, 5.41) is 18.4. The number of carbonyl (C=O) groups is 1. The van der Waals surface area contributed by atoms with Crippen LogP contribution in [0.1, 0.15) is 37.1 Å². The van der Waals surface area contributed by atoms with Crippen molar-refractivity contribution in [3.05, 3.63) is 39.5 Å². The van der Waals surface area contributed by atoms with Gasteiger partial charge in [0.15, 0.2) is 5.65 Å². The standard InChI is InChI=1S/C19H24N6O3S/c1-13(17-20-5-8-29-17)9-15(26)24-6-3-19(28,4-7-24)11-25-12-21-16-14(18(25)27)10-22-23(16)2/h5,8,10,12-13,28H,3-4,6-7,9,11H2,1-2H3. The smallest absolute Gasteiger partial charge is 0.264 e. The van der Waals surface area contributed by atoms with E-state index in [-0.39, 0.29) is 23.9 Å². The van der Waals surface area contributed by atoms with Gasteiger partial charge >= 0.3 is 0 Å². The number of aliphatic hydroxyl groups is 1. The minimum Gasteiger partial charge on any atom is -0.388 e. The number of carbonyl (C=O) groups excluding carboxylic acids is 1. The van der Waals surface area contributed by atoms with Crippen LogP contribution in [0.5, 0.6) is 0 Å². The number of amides is 1. The molecule has 1 aliphatic rings. The van der Waals surface area contributed by atoms with E-state index in [9.17, 15) is 14.7 Å². The van der Waals surface area contributed by atoms with Crippen LogP contribution in [0.2, 0.25) is 0 Å². The van der Waals surface area contributed by atoms with Crippen molar-refractivity contribution in [2.24, 2.45) is 7.05 Å². The number of aromatic nitrogens is 5. The molecule has 1 saturated heterocycles. The summed E-state index contributed by atoms with van der Waals surface area (Å²) in [5.74, 6) is 0.157. The third-order valence-electron chi connectivity index (χ3n) is 5.58. The zero-order valence-corrected chi connectivity index (χ0v) is 17.3. The summed E-state index contributed by atoms with van der Waals surface area (Å²) in [4.78, 5) is 35.6. The first kappa shape index (κ1) is 19.7. The molecule has 1 amide bonds. The van der Waals surface area contributed by atoms with Crippen LogP contribution in [-0.4, -0.2) is 58.9 Å². The molecule has 0 saturated carbocycles. The van der Waals surface area contributed by atoms with Gasteiger partial charge < -0.3 is 10.0 Å². The first-order chi connectivity index (χ1) is 13.9. The predicted molar refractivity (Wildman–Crippen MR) is 109 cm³/mol. The lowest BCUT2D eigenvalue weighted by Crippen LogP contribution is -2.49. The lowest BCUT2D eigenvalue weighted by molar-refractivity contribution is -0.136. The quantitative estimate of drug-likeness (QED) is 0.668. The molecule has 1 N–H and O–H groups in total. The van der Waals surface area contributed by atoms with Crippen LogP contribution < -0.4 is 5.56 Å². The van der Waals surface area contributed by atoms with Gasteiger partial charge in [0.2, 0.25) is 5.91 Å². The van der Waals surface area contributed by atoms with Crippen molar-refractivity contribution in [2.45, 2.75) is 44.2 Å². The summed E-state index contributed by atoms with van der Waals surface area (Å²) >= 11 is 1.56. The van der Waals surface area contributed by atoms with E-state index in [1.54, 1.807) is 34.2 Å². The molecule has 29 heavy (non-hydrogen) atoms. The molecule has 1 unspecified atom stereocenters. The fraction of sp³-hybridized carbons (Fsp3) is 0.526. The summed E-state index contributed by atoms with van der Waals surface area (Å²) in [6.07, 6.45) is 5.95. The van der Waals surface area contributed by atoms with Crippen molar-refractivity contribution in [3.8, 4) is 0 Å². The van der Waals surface area contributed by atoms with Gasteiger partial charge in [-0.05, 0) is 12.8 Å². The lowest BCUT2D eigenvalue weighted by atomic mass is 9.90. The molecule has 0 aliphatic carbocycles. The molecule has 4 rings (SSSR count). The highest BCUT2D eigenvalue weighted by Gasteiger charge is 2.35. The second-order valence-electron chi connectivity index (χ2n) is 7.76. The van der Waals surface area contributed by atoms with Gasteiger partial charge in [-0.2, -0.15) is 5.10 Å². The maximum absolute atomic E-state index is 12.7. The molecule has 0 bridgehead atoms. The van der Waals surface area contributed by atoms with E-state index in [4.69, 9.17) is 0 Å². The van der Waals surface area contributed by atoms with Gasteiger partial charge in [-0.1, -0.05) is 6.92 Å². The van der Waals surface area contributed by atoms with E-state index >= 15 is 0 Å². The predicted octanol–water partition coefficient (Wildman–Crippen LogP) is 1.13. The van der Waals surface area contributed by atoms with Crippen molar-refractivity contribution >= 4 is 28.3 Å². The number of nitrogens with zero attached hydrogens (tertiary/aromatic N) is 6. The van der Waals surface area contributed by atoms with Gasteiger partial charge in [0.05, 0.1) is 23.4 Å². The summed E-state index contributed by atoms with van der Waals surface area (Å²) in [5.41, 5.74) is -0.737. The van der Waals surface area contributed by atoms with Crippen molar-refractivity contribution < 1.29 is 9.90 Å². The highest BCUT2D eigenvalue weighted by atomic mass is 32.1. The van der Waals surface area contributed by atoms with E-state index < -0.39 is 5.60 Å². The van der Waals surface area contributed by atoms with E-state index in [0.29, 0.717) is 43.4 Å². The van der Waals surface area contributed by atoms with Gasteiger partial charge in [0.1, 0.15) is 11.7 Å². The van der Waals surface area contributed by atoms with E-state index in [2.05, 4.69) is 15.1 Å². The molecule has 3 aromatic rings. The second kappa shape index (κ2) is 7.68. The minimum absolute atomic E-state index is 0.0744. The van der Waals surface area contributed by atoms with E-state index in [0.717, 1.165) is 5.01 Å². The molecule has 1 atom stereocenters. The molecule has 10 heteroatoms. The molecular formula is C19H24N6O3S. The summed E-state index contributed by atoms with van der Waals surface area (Å²) in [6.45, 7) is 3.10. The van der Waals surface area contributed by atoms with Gasteiger partial charge in [-0.25, -0.2) is 9.97 Å². The monoisotopic (exact) mass is 416 g/mol. The number of aryl methyl sites for hydroxylation is 1. The van der Waals surface area contributed by atoms with Crippen molar-refractivity contribution in [1.82, 2.24) is 29.2 Å². The van der Waals surface area contributed by atoms with Crippen molar-refractivity contribution in [1.29, 1.82) is 0 Å². The summed E-state index contributed by atoms with van der Waals surface area (Å²) in [6, 6.07) is 0. The number of fused-ring (bicyclic) bond motifs is 1. The zero-order chi connectivity index (χ0) is 20.6. The number of hydrogen-bond acceptors (Lipinski definition) is 7. The van der Waals surface area contributed by atoms with Gasteiger partial charge in [-0.3, -0.25) is 18.8 Å². The van der Waals surface area contributed by atoms with Crippen LogP contribution in [0.25, 0.3) is 11.0 Å². The first-order valence-corrected chi connectivity index (χ1v) is 10.5.